The minimum absolute atomic E-state index is 0.121. The van der Waals surface area contributed by atoms with Gasteiger partial charge in [0, 0.05) is 22.2 Å². The van der Waals surface area contributed by atoms with Crippen LogP contribution >= 0.6 is 46.5 Å². The van der Waals surface area contributed by atoms with E-state index >= 15 is 0 Å². The number of aromatic nitrogens is 1. The molecule has 0 fully saturated rings. The molecule has 0 N–H and O–H groups in total. The first-order valence-corrected chi connectivity index (χ1v) is 11.3. The summed E-state index contributed by atoms with van der Waals surface area (Å²) in [6, 6.07) is 15.7. The fraction of sp³-hybridized carbons (Fsp3) is 0.222. The number of nitrogens with zero attached hydrogens (tertiary/aromatic N) is 2. The molecule has 25 heavy (non-hydrogen) atoms. The molecule has 3 aromatic rings. The molecule has 0 atom stereocenters. The number of amides is 1. The third kappa shape index (κ3) is 4.91. The van der Waals surface area contributed by atoms with Crippen molar-refractivity contribution in [3.63, 3.8) is 0 Å². The number of aryl methyl sites for hydroxylation is 1. The quantitative estimate of drug-likeness (QED) is 0.542. The molecule has 2 aromatic carbocycles. The van der Waals surface area contributed by atoms with E-state index in [1.165, 1.54) is 23.1 Å². The van der Waals surface area contributed by atoms with Crippen LogP contribution in [-0.2, 0) is 11.3 Å². The second kappa shape index (κ2) is 8.94. The van der Waals surface area contributed by atoms with Crippen LogP contribution in [0.3, 0.4) is 0 Å². The van der Waals surface area contributed by atoms with E-state index in [2.05, 4.69) is 15.8 Å². The van der Waals surface area contributed by atoms with Crippen molar-refractivity contribution < 1.29 is 4.79 Å². The van der Waals surface area contributed by atoms with Gasteiger partial charge in [0.25, 0.3) is 5.91 Å². The monoisotopic (exact) mass is 408 g/mol. The van der Waals surface area contributed by atoms with Crippen molar-refractivity contribution in [1.82, 2.24) is 4.57 Å². The van der Waals surface area contributed by atoms with Crippen LogP contribution < -0.4 is 4.80 Å². The zero-order chi connectivity index (χ0) is 17.6. The zero-order valence-electron chi connectivity index (χ0n) is 13.6. The summed E-state index contributed by atoms with van der Waals surface area (Å²) in [7, 11) is 0. The second-order valence-electron chi connectivity index (χ2n) is 5.25. The number of halogens is 1. The molecule has 3 nitrogen and oxygen atoms in total. The van der Waals surface area contributed by atoms with Crippen molar-refractivity contribution in [3.05, 3.63) is 58.4 Å². The van der Waals surface area contributed by atoms with Crippen molar-refractivity contribution >= 4 is 62.6 Å². The number of hydrogen-bond acceptors (Lipinski definition) is 4. The average Bonchev–Trinajstić information content (AvgIpc) is 2.95. The second-order valence-corrected chi connectivity index (χ2v) is 8.73. The Morgan fingerprint density at radius 2 is 2.04 bits per heavy atom. The van der Waals surface area contributed by atoms with E-state index in [-0.39, 0.29) is 5.91 Å². The summed E-state index contributed by atoms with van der Waals surface area (Å²) in [6.45, 7) is 0.820. The Kier molecular flexibility index (Phi) is 6.64. The first-order chi connectivity index (χ1) is 12.2. The van der Waals surface area contributed by atoms with E-state index in [4.69, 9.17) is 11.6 Å². The molecule has 7 heteroatoms. The number of benzene rings is 2. The van der Waals surface area contributed by atoms with Gasteiger partial charge in [0.15, 0.2) is 4.80 Å². The number of rotatable bonds is 6. The Morgan fingerprint density at radius 3 is 2.80 bits per heavy atom. The van der Waals surface area contributed by atoms with Gasteiger partial charge in [-0.15, -0.1) is 11.8 Å². The minimum atomic E-state index is -0.121. The molecule has 0 bridgehead atoms. The summed E-state index contributed by atoms with van der Waals surface area (Å²) in [5.74, 6) is 1.18. The third-order valence-corrected chi connectivity index (χ3v) is 6.35. The van der Waals surface area contributed by atoms with E-state index < -0.39 is 0 Å². The van der Waals surface area contributed by atoms with Crippen LogP contribution in [0.25, 0.3) is 10.2 Å². The van der Waals surface area contributed by atoms with Crippen molar-refractivity contribution in [2.24, 2.45) is 4.99 Å². The lowest BCUT2D eigenvalue weighted by Gasteiger charge is -2.03. The number of thioether (sulfide) groups is 2. The van der Waals surface area contributed by atoms with Gasteiger partial charge in [-0.3, -0.25) is 4.79 Å². The molecule has 3 rings (SSSR count). The van der Waals surface area contributed by atoms with Crippen LogP contribution in [0.1, 0.15) is 0 Å². The molecule has 0 aliphatic rings. The van der Waals surface area contributed by atoms with E-state index in [1.54, 1.807) is 11.8 Å². The normalized spacial score (nSPS) is 12.0. The molecule has 130 valence electrons. The number of carbonyl (C=O) groups excluding carboxylic acids is 1. The number of thiazole rings is 1. The predicted molar refractivity (Wildman–Crippen MR) is 111 cm³/mol. The lowest BCUT2D eigenvalue weighted by molar-refractivity contribution is -0.115. The molecule has 1 aromatic heterocycles. The van der Waals surface area contributed by atoms with Gasteiger partial charge in [-0.25, -0.2) is 0 Å². The Hall–Kier alpha value is -1.21. The molecule has 0 saturated carbocycles. The van der Waals surface area contributed by atoms with Crippen LogP contribution in [-0.4, -0.2) is 28.2 Å². The Bertz CT molecular complexity index is 934. The van der Waals surface area contributed by atoms with Crippen LogP contribution in [0, 0.1) is 0 Å². The molecule has 0 spiro atoms. The van der Waals surface area contributed by atoms with Gasteiger partial charge in [0.2, 0.25) is 0 Å². The number of hydrogen-bond donors (Lipinski definition) is 0. The van der Waals surface area contributed by atoms with E-state index in [0.717, 1.165) is 32.2 Å². The highest BCUT2D eigenvalue weighted by Gasteiger charge is 2.09. The maximum Gasteiger partial charge on any atom is 0.258 e. The number of carbonyl (C=O) groups is 1. The SMILES string of the molecule is CSCCn1c(=NC(=O)CSc2ccccc2)sc2cc(Cl)ccc21. The molecule has 0 saturated heterocycles. The van der Waals surface area contributed by atoms with Crippen molar-refractivity contribution in [3.8, 4) is 0 Å². The topological polar surface area (TPSA) is 34.4 Å². The van der Waals surface area contributed by atoms with E-state index in [0.29, 0.717) is 10.8 Å². The molecule has 0 aliphatic heterocycles. The van der Waals surface area contributed by atoms with Crippen molar-refractivity contribution in [2.75, 3.05) is 17.8 Å². The maximum atomic E-state index is 12.3. The first kappa shape index (κ1) is 18.6. The van der Waals surface area contributed by atoms with Crippen molar-refractivity contribution in [1.29, 1.82) is 0 Å². The molecular formula is C18H17ClN2OS3. The third-order valence-electron chi connectivity index (χ3n) is 3.49. The van der Waals surface area contributed by atoms with Gasteiger partial charge in [0.1, 0.15) is 0 Å². The lowest BCUT2D eigenvalue weighted by Crippen LogP contribution is -2.18. The van der Waals surface area contributed by atoms with Gasteiger partial charge in [-0.05, 0) is 36.6 Å². The van der Waals surface area contributed by atoms with E-state index in [1.807, 2.05) is 48.5 Å². The Morgan fingerprint density at radius 1 is 1.24 bits per heavy atom. The summed E-state index contributed by atoms with van der Waals surface area (Å²) in [4.78, 5) is 18.5. The fourth-order valence-electron chi connectivity index (χ4n) is 2.33. The van der Waals surface area contributed by atoms with Crippen LogP contribution in [0.4, 0.5) is 0 Å². The highest BCUT2D eigenvalue weighted by atomic mass is 35.5. The van der Waals surface area contributed by atoms with Gasteiger partial charge >= 0.3 is 0 Å². The summed E-state index contributed by atoms with van der Waals surface area (Å²) < 4.78 is 3.16. The lowest BCUT2D eigenvalue weighted by atomic mass is 10.3. The smallest absolute Gasteiger partial charge is 0.258 e. The number of fused-ring (bicyclic) bond motifs is 1. The highest BCUT2D eigenvalue weighted by Crippen LogP contribution is 2.22. The summed E-state index contributed by atoms with van der Waals surface area (Å²) >= 11 is 10.9. The van der Waals surface area contributed by atoms with Crippen LogP contribution in [0.5, 0.6) is 0 Å². The fourth-order valence-corrected chi connectivity index (χ4v) is 4.75. The molecule has 0 aliphatic carbocycles. The maximum absolute atomic E-state index is 12.3. The summed E-state index contributed by atoms with van der Waals surface area (Å²) in [5.41, 5.74) is 1.07. The van der Waals surface area contributed by atoms with Gasteiger partial charge in [-0.1, -0.05) is 41.1 Å². The van der Waals surface area contributed by atoms with Gasteiger partial charge in [-0.2, -0.15) is 16.8 Å². The molecule has 1 heterocycles. The van der Waals surface area contributed by atoms with Crippen molar-refractivity contribution in [2.45, 2.75) is 11.4 Å². The minimum Gasteiger partial charge on any atom is -0.316 e. The molecule has 0 radical (unpaired) electrons. The van der Waals surface area contributed by atoms with Gasteiger partial charge in [0.05, 0.1) is 16.0 Å². The van der Waals surface area contributed by atoms with Crippen LogP contribution in [0.15, 0.2) is 58.4 Å². The van der Waals surface area contributed by atoms with Gasteiger partial charge < -0.3 is 4.57 Å². The average molecular weight is 409 g/mol. The molecule has 1 amide bonds. The Balaban J connectivity index is 1.87. The summed E-state index contributed by atoms with van der Waals surface area (Å²) in [6.07, 6.45) is 2.07. The zero-order valence-corrected chi connectivity index (χ0v) is 16.9. The highest BCUT2D eigenvalue weighted by molar-refractivity contribution is 8.00. The molecular weight excluding hydrogens is 392 g/mol. The first-order valence-electron chi connectivity index (χ1n) is 7.70. The largest absolute Gasteiger partial charge is 0.316 e. The summed E-state index contributed by atoms with van der Waals surface area (Å²) in [5, 5.41) is 0.697. The standard InChI is InChI=1S/C18H17ClN2OS3/c1-23-10-9-21-15-8-7-13(19)11-16(15)25-18(21)20-17(22)12-24-14-5-3-2-4-6-14/h2-8,11H,9-10,12H2,1H3. The van der Waals surface area contributed by atoms with Crippen LogP contribution in [0.2, 0.25) is 5.02 Å². The predicted octanol–water partition coefficient (Wildman–Crippen LogP) is 4.94. The molecule has 0 unspecified atom stereocenters. The van der Waals surface area contributed by atoms with E-state index in [9.17, 15) is 4.79 Å². The Labute approximate surface area is 164 Å².